The highest BCUT2D eigenvalue weighted by molar-refractivity contribution is 5.79. The van der Waals surface area contributed by atoms with E-state index in [1.54, 1.807) is 13.0 Å². The Balaban J connectivity index is 1.70. The third kappa shape index (κ3) is 3.18. The van der Waals surface area contributed by atoms with Crippen molar-refractivity contribution in [3.63, 3.8) is 0 Å². The highest BCUT2D eigenvalue weighted by Gasteiger charge is 2.14. The van der Waals surface area contributed by atoms with E-state index in [0.717, 1.165) is 17.6 Å². The molecule has 0 saturated carbocycles. The summed E-state index contributed by atoms with van der Waals surface area (Å²) in [6.45, 7) is 1.69. The van der Waals surface area contributed by atoms with Crippen molar-refractivity contribution in [3.05, 3.63) is 59.7 Å². The lowest BCUT2D eigenvalue weighted by molar-refractivity contribution is -0.122. The quantitative estimate of drug-likeness (QED) is 0.805. The lowest BCUT2D eigenvalue weighted by Gasteiger charge is -2.14. The molecule has 0 aliphatic carbocycles. The fourth-order valence-electron chi connectivity index (χ4n) is 2.32. The van der Waals surface area contributed by atoms with Crippen LogP contribution in [0, 0.1) is 11.6 Å². The van der Waals surface area contributed by atoms with Gasteiger partial charge < -0.3 is 5.32 Å². The lowest BCUT2D eigenvalue weighted by atomic mass is 10.1. The molecule has 1 unspecified atom stereocenters. The number of nitrogens with one attached hydrogen (secondary N) is 1. The number of para-hydroxylation sites is 1. The van der Waals surface area contributed by atoms with Gasteiger partial charge in [0.05, 0.1) is 11.6 Å². The zero-order valence-corrected chi connectivity index (χ0v) is 12.3. The maximum atomic E-state index is 13.2. The van der Waals surface area contributed by atoms with E-state index < -0.39 is 17.7 Å². The first-order valence-corrected chi connectivity index (χ1v) is 7.07. The third-order valence-electron chi connectivity index (χ3n) is 3.53. The zero-order chi connectivity index (χ0) is 16.4. The molecule has 0 radical (unpaired) electrons. The van der Waals surface area contributed by atoms with E-state index in [9.17, 15) is 13.6 Å². The Hall–Kier alpha value is -2.83. The molecule has 1 aromatic heterocycles. The molecule has 0 fully saturated rings. The van der Waals surface area contributed by atoms with Gasteiger partial charge in [-0.3, -0.25) is 4.79 Å². The number of amides is 1. The normalized spacial score (nSPS) is 12.3. The second-order valence-corrected chi connectivity index (χ2v) is 5.20. The Morgan fingerprint density at radius 1 is 1.22 bits per heavy atom. The predicted molar refractivity (Wildman–Crippen MR) is 80.4 cm³/mol. The zero-order valence-electron chi connectivity index (χ0n) is 12.3. The Bertz CT molecular complexity index is 862. The summed E-state index contributed by atoms with van der Waals surface area (Å²) in [5.41, 5.74) is 1.94. The monoisotopic (exact) mass is 316 g/mol. The number of hydrogen-bond donors (Lipinski definition) is 1. The van der Waals surface area contributed by atoms with Gasteiger partial charge in [0.25, 0.3) is 0 Å². The minimum absolute atomic E-state index is 0.00543. The Morgan fingerprint density at radius 2 is 2.00 bits per heavy atom. The molecule has 0 aliphatic rings. The highest BCUT2D eigenvalue weighted by Crippen LogP contribution is 2.16. The standard InChI is InChI=1S/C16H14F2N4O/c1-10(11-6-7-12(17)13(18)8-11)19-16(23)9-22-15-5-3-2-4-14(15)20-21-22/h2-8,10H,9H2,1H3,(H,19,23). The van der Waals surface area contributed by atoms with Gasteiger partial charge in [0.1, 0.15) is 12.1 Å². The first-order valence-electron chi connectivity index (χ1n) is 7.07. The summed E-state index contributed by atoms with van der Waals surface area (Å²) in [7, 11) is 0. The molecule has 1 N–H and O–H groups in total. The van der Waals surface area contributed by atoms with Gasteiger partial charge in [-0.15, -0.1) is 5.10 Å². The second-order valence-electron chi connectivity index (χ2n) is 5.20. The number of fused-ring (bicyclic) bond motifs is 1. The lowest BCUT2D eigenvalue weighted by Crippen LogP contribution is -2.30. The molecular weight excluding hydrogens is 302 g/mol. The van der Waals surface area contributed by atoms with Crippen molar-refractivity contribution in [2.45, 2.75) is 19.5 Å². The molecule has 1 atom stereocenters. The van der Waals surface area contributed by atoms with E-state index in [4.69, 9.17) is 0 Å². The molecule has 5 nitrogen and oxygen atoms in total. The molecule has 0 bridgehead atoms. The van der Waals surface area contributed by atoms with E-state index in [1.165, 1.54) is 10.7 Å². The van der Waals surface area contributed by atoms with Gasteiger partial charge in [-0.2, -0.15) is 0 Å². The first-order chi connectivity index (χ1) is 11.0. The van der Waals surface area contributed by atoms with Crippen LogP contribution in [-0.2, 0) is 11.3 Å². The minimum atomic E-state index is -0.939. The van der Waals surface area contributed by atoms with Crippen LogP contribution >= 0.6 is 0 Å². The topological polar surface area (TPSA) is 59.8 Å². The Morgan fingerprint density at radius 3 is 2.78 bits per heavy atom. The van der Waals surface area contributed by atoms with Gasteiger partial charge in [0.15, 0.2) is 11.6 Å². The Labute approximate surface area is 130 Å². The molecule has 0 spiro atoms. The molecule has 118 valence electrons. The summed E-state index contributed by atoms with van der Waals surface area (Å²) in [5.74, 6) is -2.15. The number of hydrogen-bond acceptors (Lipinski definition) is 3. The van der Waals surface area contributed by atoms with Crippen molar-refractivity contribution >= 4 is 16.9 Å². The summed E-state index contributed by atoms with van der Waals surface area (Å²) in [6, 6.07) is 10.4. The van der Waals surface area contributed by atoms with Gasteiger partial charge in [-0.1, -0.05) is 23.4 Å². The molecule has 2 aromatic carbocycles. The maximum Gasteiger partial charge on any atom is 0.242 e. The minimum Gasteiger partial charge on any atom is -0.348 e. The van der Waals surface area contributed by atoms with Gasteiger partial charge >= 0.3 is 0 Å². The van der Waals surface area contributed by atoms with Crippen LogP contribution in [0.4, 0.5) is 8.78 Å². The summed E-state index contributed by atoms with van der Waals surface area (Å²) in [4.78, 5) is 12.1. The molecule has 1 heterocycles. The van der Waals surface area contributed by atoms with Crippen molar-refractivity contribution in [1.82, 2.24) is 20.3 Å². The molecule has 3 rings (SSSR count). The van der Waals surface area contributed by atoms with Crippen molar-refractivity contribution in [2.75, 3.05) is 0 Å². The molecule has 23 heavy (non-hydrogen) atoms. The van der Waals surface area contributed by atoms with Crippen LogP contribution in [0.2, 0.25) is 0 Å². The summed E-state index contributed by atoms with van der Waals surface area (Å²) >= 11 is 0. The van der Waals surface area contributed by atoms with E-state index in [2.05, 4.69) is 15.6 Å². The maximum absolute atomic E-state index is 13.2. The molecule has 0 saturated heterocycles. The number of benzene rings is 2. The van der Waals surface area contributed by atoms with Crippen molar-refractivity contribution in [3.8, 4) is 0 Å². The second kappa shape index (κ2) is 6.12. The predicted octanol–water partition coefficient (Wildman–Crippen LogP) is 2.59. The average molecular weight is 316 g/mol. The number of nitrogens with zero attached hydrogens (tertiary/aromatic N) is 3. The number of carbonyl (C=O) groups is 1. The van der Waals surface area contributed by atoms with Gasteiger partial charge in [0, 0.05) is 0 Å². The molecule has 7 heteroatoms. The van der Waals surface area contributed by atoms with Gasteiger partial charge in [-0.25, -0.2) is 13.5 Å². The van der Waals surface area contributed by atoms with Crippen LogP contribution in [0.1, 0.15) is 18.5 Å². The van der Waals surface area contributed by atoms with Gasteiger partial charge in [0.2, 0.25) is 5.91 Å². The summed E-state index contributed by atoms with van der Waals surface area (Å²) < 4.78 is 27.7. The molecule has 0 aliphatic heterocycles. The van der Waals surface area contributed by atoms with Crippen LogP contribution < -0.4 is 5.32 Å². The van der Waals surface area contributed by atoms with E-state index in [-0.39, 0.29) is 12.5 Å². The van der Waals surface area contributed by atoms with Crippen LogP contribution in [0.3, 0.4) is 0 Å². The highest BCUT2D eigenvalue weighted by atomic mass is 19.2. The smallest absolute Gasteiger partial charge is 0.242 e. The van der Waals surface area contributed by atoms with E-state index in [1.807, 2.05) is 18.2 Å². The number of carbonyl (C=O) groups excluding carboxylic acids is 1. The van der Waals surface area contributed by atoms with Crippen molar-refractivity contribution in [1.29, 1.82) is 0 Å². The van der Waals surface area contributed by atoms with Crippen LogP contribution in [0.5, 0.6) is 0 Å². The van der Waals surface area contributed by atoms with Crippen molar-refractivity contribution in [2.24, 2.45) is 0 Å². The largest absolute Gasteiger partial charge is 0.348 e. The van der Waals surface area contributed by atoms with Crippen LogP contribution in [0.15, 0.2) is 42.5 Å². The van der Waals surface area contributed by atoms with E-state index >= 15 is 0 Å². The van der Waals surface area contributed by atoms with Crippen LogP contribution in [-0.4, -0.2) is 20.9 Å². The number of aromatic nitrogens is 3. The number of rotatable bonds is 4. The fraction of sp³-hybridized carbons (Fsp3) is 0.188. The van der Waals surface area contributed by atoms with Crippen LogP contribution in [0.25, 0.3) is 11.0 Å². The fourth-order valence-corrected chi connectivity index (χ4v) is 2.32. The first kappa shape index (κ1) is 15.1. The summed E-state index contributed by atoms with van der Waals surface area (Å²) in [5, 5.41) is 10.6. The Kier molecular flexibility index (Phi) is 4.01. The number of halogens is 2. The molecular formula is C16H14F2N4O. The van der Waals surface area contributed by atoms with E-state index in [0.29, 0.717) is 11.1 Å². The third-order valence-corrected chi connectivity index (χ3v) is 3.53. The summed E-state index contributed by atoms with van der Waals surface area (Å²) in [6.07, 6.45) is 0. The SMILES string of the molecule is CC(NC(=O)Cn1nnc2ccccc21)c1ccc(F)c(F)c1. The van der Waals surface area contributed by atoms with Gasteiger partial charge in [-0.05, 0) is 36.8 Å². The van der Waals surface area contributed by atoms with Crippen molar-refractivity contribution < 1.29 is 13.6 Å². The average Bonchev–Trinajstić information content (AvgIpc) is 2.93. The molecule has 1 amide bonds. The molecule has 3 aromatic rings.